The Morgan fingerprint density at radius 3 is 2.89 bits per heavy atom. The lowest BCUT2D eigenvalue weighted by molar-refractivity contribution is -0.121. The van der Waals surface area contributed by atoms with Crippen molar-refractivity contribution in [2.45, 2.75) is 64.3 Å². The smallest absolute Gasteiger partial charge is 0.227 e. The highest BCUT2D eigenvalue weighted by Crippen LogP contribution is 2.17. The van der Waals surface area contributed by atoms with E-state index in [2.05, 4.69) is 22.4 Å². The van der Waals surface area contributed by atoms with Crippen LogP contribution in [0.1, 0.15) is 57.2 Å². The van der Waals surface area contributed by atoms with Gasteiger partial charge in [0.15, 0.2) is 5.82 Å². The van der Waals surface area contributed by atoms with Crippen molar-refractivity contribution in [1.82, 2.24) is 15.5 Å². The number of hydrogen-bond acceptors (Lipinski definition) is 4. The molecule has 2 rings (SSSR count). The lowest BCUT2D eigenvalue weighted by atomic mass is 10.2. The van der Waals surface area contributed by atoms with Crippen molar-refractivity contribution in [3.05, 3.63) is 11.7 Å². The average Bonchev–Trinajstić information content (AvgIpc) is 2.99. The molecule has 0 atom stereocenters. The van der Waals surface area contributed by atoms with E-state index in [4.69, 9.17) is 4.52 Å². The van der Waals surface area contributed by atoms with Crippen LogP contribution < -0.4 is 5.32 Å². The molecule has 1 aromatic heterocycles. The van der Waals surface area contributed by atoms with E-state index in [1.807, 2.05) is 0 Å². The van der Waals surface area contributed by atoms with Crippen LogP contribution in [0.15, 0.2) is 4.52 Å². The van der Waals surface area contributed by atoms with Crippen molar-refractivity contribution in [2.24, 2.45) is 0 Å². The Kier molecular flexibility index (Phi) is 4.73. The summed E-state index contributed by atoms with van der Waals surface area (Å²) in [6.07, 6.45) is 7.50. The molecule has 100 valence electrons. The maximum atomic E-state index is 11.7. The number of carbonyl (C=O) groups excluding carboxylic acids is 1. The van der Waals surface area contributed by atoms with Gasteiger partial charge in [0, 0.05) is 25.3 Å². The summed E-state index contributed by atoms with van der Waals surface area (Å²) in [7, 11) is 0. The van der Waals surface area contributed by atoms with E-state index in [-0.39, 0.29) is 5.91 Å². The summed E-state index contributed by atoms with van der Waals surface area (Å²) >= 11 is 0. The van der Waals surface area contributed by atoms with Gasteiger partial charge in [-0.1, -0.05) is 24.9 Å². The molecule has 1 amide bonds. The number of aromatic nitrogens is 2. The van der Waals surface area contributed by atoms with Crippen LogP contribution in [0, 0.1) is 0 Å². The van der Waals surface area contributed by atoms with E-state index in [1.54, 1.807) is 0 Å². The molecule has 1 fully saturated rings. The number of amides is 1. The van der Waals surface area contributed by atoms with Gasteiger partial charge in [-0.2, -0.15) is 4.98 Å². The molecule has 0 aromatic carbocycles. The Bertz CT molecular complexity index is 383. The lowest BCUT2D eigenvalue weighted by Gasteiger charge is -2.10. The molecule has 0 radical (unpaired) electrons. The first-order chi connectivity index (χ1) is 8.78. The summed E-state index contributed by atoms with van der Waals surface area (Å²) in [6.45, 7) is 2.07. The first-order valence-electron chi connectivity index (χ1n) is 6.88. The molecule has 0 aliphatic heterocycles. The molecule has 1 aliphatic rings. The molecule has 1 N–H and O–H groups in total. The van der Waals surface area contributed by atoms with Crippen LogP contribution >= 0.6 is 0 Å². The molecule has 18 heavy (non-hydrogen) atoms. The van der Waals surface area contributed by atoms with Crippen LogP contribution in [0.2, 0.25) is 0 Å². The second-order valence-electron chi connectivity index (χ2n) is 4.90. The second kappa shape index (κ2) is 6.52. The van der Waals surface area contributed by atoms with E-state index in [0.717, 1.165) is 31.5 Å². The van der Waals surface area contributed by atoms with Gasteiger partial charge in [-0.15, -0.1) is 0 Å². The van der Waals surface area contributed by atoms with Gasteiger partial charge in [-0.3, -0.25) is 4.79 Å². The van der Waals surface area contributed by atoms with Gasteiger partial charge >= 0.3 is 0 Å². The summed E-state index contributed by atoms with van der Waals surface area (Å²) in [5.74, 6) is 1.40. The predicted octanol–water partition coefficient (Wildman–Crippen LogP) is 2.01. The number of carbonyl (C=O) groups is 1. The van der Waals surface area contributed by atoms with E-state index >= 15 is 0 Å². The van der Waals surface area contributed by atoms with Gasteiger partial charge < -0.3 is 9.84 Å². The highest BCUT2D eigenvalue weighted by atomic mass is 16.5. The number of rotatable bonds is 6. The fourth-order valence-electron chi connectivity index (χ4n) is 2.31. The molecule has 5 nitrogen and oxygen atoms in total. The average molecular weight is 251 g/mol. The predicted molar refractivity (Wildman–Crippen MR) is 67.0 cm³/mol. The van der Waals surface area contributed by atoms with E-state index in [1.165, 1.54) is 12.8 Å². The Labute approximate surface area is 107 Å². The summed E-state index contributed by atoms with van der Waals surface area (Å²) in [5.41, 5.74) is 0. The summed E-state index contributed by atoms with van der Waals surface area (Å²) in [4.78, 5) is 15.9. The quantitative estimate of drug-likeness (QED) is 0.839. The highest BCUT2D eigenvalue weighted by molar-refractivity contribution is 5.76. The molecule has 0 saturated heterocycles. The zero-order valence-corrected chi connectivity index (χ0v) is 10.9. The Hall–Kier alpha value is -1.39. The Balaban J connectivity index is 1.70. The first-order valence-corrected chi connectivity index (χ1v) is 6.88. The number of nitrogens with one attached hydrogen (secondary N) is 1. The normalized spacial score (nSPS) is 16.1. The molecule has 1 aromatic rings. The topological polar surface area (TPSA) is 68.0 Å². The number of hydrogen-bond donors (Lipinski definition) is 1. The van der Waals surface area contributed by atoms with Crippen LogP contribution in [0.3, 0.4) is 0 Å². The van der Waals surface area contributed by atoms with Crippen molar-refractivity contribution >= 4 is 5.91 Å². The molecular formula is C13H21N3O2. The van der Waals surface area contributed by atoms with E-state index in [9.17, 15) is 4.79 Å². The Morgan fingerprint density at radius 2 is 2.17 bits per heavy atom. The van der Waals surface area contributed by atoms with Gasteiger partial charge in [0.2, 0.25) is 11.8 Å². The van der Waals surface area contributed by atoms with E-state index in [0.29, 0.717) is 24.8 Å². The monoisotopic (exact) mass is 251 g/mol. The molecule has 5 heteroatoms. The molecule has 0 spiro atoms. The number of nitrogens with zero attached hydrogens (tertiary/aromatic N) is 2. The van der Waals surface area contributed by atoms with Gasteiger partial charge in [0.1, 0.15) is 0 Å². The van der Waals surface area contributed by atoms with Gasteiger partial charge in [0.25, 0.3) is 0 Å². The third-order valence-electron chi connectivity index (χ3n) is 3.27. The third-order valence-corrected chi connectivity index (χ3v) is 3.27. The molecule has 0 bridgehead atoms. The maximum Gasteiger partial charge on any atom is 0.227 e. The van der Waals surface area contributed by atoms with Crippen LogP contribution in [0.4, 0.5) is 0 Å². The van der Waals surface area contributed by atoms with Crippen molar-refractivity contribution in [3.8, 4) is 0 Å². The fraction of sp³-hybridized carbons (Fsp3) is 0.769. The molecule has 0 unspecified atom stereocenters. The number of aryl methyl sites for hydroxylation is 2. The fourth-order valence-corrected chi connectivity index (χ4v) is 2.31. The van der Waals surface area contributed by atoms with Crippen molar-refractivity contribution in [1.29, 1.82) is 0 Å². The molecule has 1 aliphatic carbocycles. The zero-order chi connectivity index (χ0) is 12.8. The lowest BCUT2D eigenvalue weighted by Crippen LogP contribution is -2.32. The van der Waals surface area contributed by atoms with E-state index < -0.39 is 0 Å². The van der Waals surface area contributed by atoms with Crippen LogP contribution in [0.25, 0.3) is 0 Å². The van der Waals surface area contributed by atoms with Crippen LogP contribution in [-0.4, -0.2) is 22.1 Å². The van der Waals surface area contributed by atoms with Gasteiger partial charge in [0.05, 0.1) is 0 Å². The first kappa shape index (κ1) is 13.1. The van der Waals surface area contributed by atoms with Crippen LogP contribution in [0.5, 0.6) is 0 Å². The highest BCUT2D eigenvalue weighted by Gasteiger charge is 2.17. The minimum atomic E-state index is 0.0946. The second-order valence-corrected chi connectivity index (χ2v) is 4.90. The maximum absolute atomic E-state index is 11.7. The summed E-state index contributed by atoms with van der Waals surface area (Å²) in [6, 6.07) is 0.385. The summed E-state index contributed by atoms with van der Waals surface area (Å²) < 4.78 is 5.10. The van der Waals surface area contributed by atoms with Crippen molar-refractivity contribution in [2.75, 3.05) is 0 Å². The SMILES string of the molecule is CCCc1noc(CCC(=O)NC2CCCC2)n1. The van der Waals surface area contributed by atoms with Gasteiger partial charge in [-0.25, -0.2) is 0 Å². The molecule has 1 heterocycles. The summed E-state index contributed by atoms with van der Waals surface area (Å²) in [5, 5.41) is 6.92. The molecular weight excluding hydrogens is 230 g/mol. The van der Waals surface area contributed by atoms with Crippen LogP contribution in [-0.2, 0) is 17.6 Å². The molecule has 1 saturated carbocycles. The third kappa shape index (κ3) is 3.82. The Morgan fingerprint density at radius 1 is 1.39 bits per heavy atom. The largest absolute Gasteiger partial charge is 0.353 e. The van der Waals surface area contributed by atoms with Crippen molar-refractivity contribution < 1.29 is 9.32 Å². The van der Waals surface area contributed by atoms with Crippen molar-refractivity contribution in [3.63, 3.8) is 0 Å². The minimum Gasteiger partial charge on any atom is -0.353 e. The minimum absolute atomic E-state index is 0.0946. The zero-order valence-electron chi connectivity index (χ0n) is 10.9. The standard InChI is InChI=1S/C13H21N3O2/c1-2-5-11-15-13(18-16-11)9-8-12(17)14-10-6-3-4-7-10/h10H,2-9H2,1H3,(H,14,17). The van der Waals surface area contributed by atoms with Gasteiger partial charge in [-0.05, 0) is 19.3 Å².